The zero-order valence-electron chi connectivity index (χ0n) is 28.5. The van der Waals surface area contributed by atoms with Crippen LogP contribution in [-0.2, 0) is 36.8 Å². The van der Waals surface area contributed by atoms with Crippen LogP contribution in [0.5, 0.6) is 0 Å². The van der Waals surface area contributed by atoms with E-state index in [-0.39, 0.29) is 37.6 Å². The van der Waals surface area contributed by atoms with Crippen molar-refractivity contribution in [2.75, 3.05) is 13.1 Å². The molecule has 0 saturated carbocycles. The Morgan fingerprint density at radius 2 is 1.38 bits per heavy atom. The maximum Gasteiger partial charge on any atom is 0.490 e. The SMILES string of the molecule is C=CCNC(=O)C(Cc1ccc(C(=N)N)cc1)C(=O)N[C@@H](Cc1ccc2ccccc2c1)C(=O)N[C@@H](CCCNC(=N)N)C(N)=O.O=C(O)C(F)(F)F. The first-order valence-corrected chi connectivity index (χ1v) is 16.0. The summed E-state index contributed by atoms with van der Waals surface area (Å²) >= 11 is 0. The summed E-state index contributed by atoms with van der Waals surface area (Å²) in [6.07, 6.45) is -2.98. The summed E-state index contributed by atoms with van der Waals surface area (Å²) in [7, 11) is 0. The number of aliphatic carboxylic acids is 1. The fourth-order valence-electron chi connectivity index (χ4n) is 4.83. The van der Waals surface area contributed by atoms with E-state index in [0.29, 0.717) is 24.1 Å². The van der Waals surface area contributed by atoms with Gasteiger partial charge in [-0.2, -0.15) is 13.2 Å². The van der Waals surface area contributed by atoms with Crippen molar-refractivity contribution >= 4 is 52.2 Å². The molecule has 0 radical (unpaired) electrons. The van der Waals surface area contributed by atoms with Crippen molar-refractivity contribution in [3.8, 4) is 0 Å². The van der Waals surface area contributed by atoms with Gasteiger partial charge in [-0.25, -0.2) is 4.79 Å². The molecule has 13 N–H and O–H groups in total. The fraction of sp³-hybridized carbons (Fsp3) is 0.286. The van der Waals surface area contributed by atoms with Crippen molar-refractivity contribution in [1.82, 2.24) is 21.3 Å². The summed E-state index contributed by atoms with van der Waals surface area (Å²) in [5.74, 6) is -6.99. The molecule has 0 heterocycles. The predicted octanol–water partition coefficient (Wildman–Crippen LogP) is 1.18. The highest BCUT2D eigenvalue weighted by molar-refractivity contribution is 6.02. The molecule has 0 aliphatic rings. The van der Waals surface area contributed by atoms with Gasteiger partial charge >= 0.3 is 12.1 Å². The second kappa shape index (κ2) is 20.4. The summed E-state index contributed by atoms with van der Waals surface area (Å²) in [5.41, 5.74) is 18.3. The van der Waals surface area contributed by atoms with Gasteiger partial charge in [0.25, 0.3) is 0 Å². The van der Waals surface area contributed by atoms with Crippen LogP contribution in [-0.4, -0.2) is 77.8 Å². The minimum atomic E-state index is -5.08. The zero-order chi connectivity index (χ0) is 39.7. The number of hydrogen-bond donors (Lipinski definition) is 10. The number of carboxylic acids is 1. The number of nitrogens with two attached hydrogens (primary N) is 3. The Hall–Kier alpha value is -6.46. The first-order chi connectivity index (χ1) is 24.9. The number of carboxylic acid groups (broad SMARTS) is 1. The number of fused-ring (bicyclic) bond motifs is 1. The van der Waals surface area contributed by atoms with E-state index in [0.717, 1.165) is 16.3 Å². The zero-order valence-corrected chi connectivity index (χ0v) is 28.5. The highest BCUT2D eigenvalue weighted by Crippen LogP contribution is 2.18. The van der Waals surface area contributed by atoms with Gasteiger partial charge in [-0.05, 0) is 41.2 Å². The average molecular weight is 742 g/mol. The highest BCUT2D eigenvalue weighted by Gasteiger charge is 2.38. The number of nitrogen functional groups attached to an aromatic ring is 1. The van der Waals surface area contributed by atoms with Crippen LogP contribution in [0.1, 0.15) is 29.5 Å². The van der Waals surface area contributed by atoms with Crippen LogP contribution in [0.4, 0.5) is 13.2 Å². The van der Waals surface area contributed by atoms with E-state index in [1.165, 1.54) is 6.08 Å². The van der Waals surface area contributed by atoms with Crippen molar-refractivity contribution in [1.29, 1.82) is 10.8 Å². The minimum Gasteiger partial charge on any atom is -0.475 e. The van der Waals surface area contributed by atoms with E-state index in [9.17, 15) is 32.3 Å². The molecule has 3 aromatic rings. The number of amides is 4. The number of guanidine groups is 1. The normalized spacial score (nSPS) is 12.4. The Bertz CT molecular complexity index is 1800. The van der Waals surface area contributed by atoms with Gasteiger partial charge < -0.3 is 43.6 Å². The number of carbonyl (C=O) groups excluding carboxylic acids is 4. The summed E-state index contributed by atoms with van der Waals surface area (Å²) in [5, 5.41) is 34.6. The highest BCUT2D eigenvalue weighted by atomic mass is 19.4. The van der Waals surface area contributed by atoms with Gasteiger partial charge in [-0.1, -0.05) is 72.8 Å². The maximum atomic E-state index is 13.8. The van der Waals surface area contributed by atoms with Crippen molar-refractivity contribution in [2.45, 2.75) is 43.9 Å². The number of primary amides is 1. The molecule has 3 aromatic carbocycles. The molecule has 0 fully saturated rings. The number of alkyl halides is 3. The molecule has 0 bridgehead atoms. The summed E-state index contributed by atoms with van der Waals surface area (Å²) in [6, 6.07) is 17.7. The largest absolute Gasteiger partial charge is 0.490 e. The van der Waals surface area contributed by atoms with Crippen LogP contribution in [0.25, 0.3) is 10.8 Å². The second-order valence-electron chi connectivity index (χ2n) is 11.6. The molecule has 0 saturated heterocycles. The van der Waals surface area contributed by atoms with Crippen molar-refractivity contribution in [2.24, 2.45) is 23.1 Å². The molecule has 0 aromatic heterocycles. The number of nitrogens with one attached hydrogen (secondary N) is 6. The predicted molar refractivity (Wildman–Crippen MR) is 191 cm³/mol. The van der Waals surface area contributed by atoms with Crippen LogP contribution >= 0.6 is 0 Å². The first kappa shape index (κ1) is 42.7. The molecule has 0 aliphatic heterocycles. The van der Waals surface area contributed by atoms with Crippen molar-refractivity contribution in [3.05, 3.63) is 96.1 Å². The Kier molecular flexibility index (Phi) is 16.4. The Morgan fingerprint density at radius 3 is 1.92 bits per heavy atom. The standard InChI is InChI=1S/C33H41N9O4.C2HF3O2/c1-2-15-39-30(44)25(18-20-9-13-23(14-10-20)28(34)35)31(45)42-27(19-21-11-12-22-6-3-4-7-24(22)17-21)32(46)41-26(29(36)43)8-5-16-40-33(37)38;3-2(4,5)1(6)7/h2-4,6-7,9-14,17,25-27H,1,5,8,15-16,18-19H2,(H3,34,35)(H2,36,43)(H,39,44)(H,41,46)(H,42,45)(H4,37,38,40);(H,6,7)/t25?,26-,27-;/m0./s1. The van der Waals surface area contributed by atoms with E-state index >= 15 is 0 Å². The van der Waals surface area contributed by atoms with E-state index in [1.807, 2.05) is 42.5 Å². The van der Waals surface area contributed by atoms with Crippen LogP contribution in [0.2, 0.25) is 0 Å². The van der Waals surface area contributed by atoms with Gasteiger partial charge in [-0.3, -0.25) is 30.0 Å². The molecule has 3 atom stereocenters. The molecular formula is C35H42F3N9O6. The minimum absolute atomic E-state index is 0.00433. The summed E-state index contributed by atoms with van der Waals surface area (Å²) in [4.78, 5) is 61.8. The summed E-state index contributed by atoms with van der Waals surface area (Å²) < 4.78 is 31.7. The van der Waals surface area contributed by atoms with Crippen LogP contribution in [0.3, 0.4) is 0 Å². The monoisotopic (exact) mass is 741 g/mol. The molecule has 53 heavy (non-hydrogen) atoms. The summed E-state index contributed by atoms with van der Waals surface area (Å²) in [6.45, 7) is 4.03. The third kappa shape index (κ3) is 14.7. The number of amidine groups is 1. The third-order valence-corrected chi connectivity index (χ3v) is 7.53. The van der Waals surface area contributed by atoms with Gasteiger partial charge in [0, 0.05) is 25.1 Å². The van der Waals surface area contributed by atoms with Gasteiger partial charge in [0.15, 0.2) is 5.96 Å². The van der Waals surface area contributed by atoms with Gasteiger partial charge in [0.05, 0.1) is 0 Å². The Labute approximate surface area is 302 Å². The number of hydrogen-bond acceptors (Lipinski definition) is 7. The maximum absolute atomic E-state index is 13.8. The lowest BCUT2D eigenvalue weighted by molar-refractivity contribution is -0.192. The lowest BCUT2D eigenvalue weighted by atomic mass is 9.95. The fourth-order valence-corrected chi connectivity index (χ4v) is 4.83. The van der Waals surface area contributed by atoms with Gasteiger partial charge in [-0.15, -0.1) is 6.58 Å². The molecule has 284 valence electrons. The number of carbonyl (C=O) groups is 5. The van der Waals surface area contributed by atoms with E-state index < -0.39 is 53.8 Å². The molecule has 18 heteroatoms. The quantitative estimate of drug-likeness (QED) is 0.0312. The molecule has 0 aliphatic carbocycles. The Balaban J connectivity index is 0.00000126. The number of rotatable bonds is 17. The lowest BCUT2D eigenvalue weighted by Gasteiger charge is -2.24. The van der Waals surface area contributed by atoms with Gasteiger partial charge in [0.2, 0.25) is 23.6 Å². The molecule has 4 amide bonds. The first-order valence-electron chi connectivity index (χ1n) is 16.0. The van der Waals surface area contributed by atoms with Crippen molar-refractivity contribution in [3.63, 3.8) is 0 Å². The molecule has 15 nitrogen and oxygen atoms in total. The van der Waals surface area contributed by atoms with Crippen molar-refractivity contribution < 1.29 is 42.3 Å². The number of benzene rings is 3. The van der Waals surface area contributed by atoms with E-state index in [2.05, 4.69) is 27.8 Å². The third-order valence-electron chi connectivity index (χ3n) is 7.53. The van der Waals surface area contributed by atoms with E-state index in [1.54, 1.807) is 24.3 Å². The topological polar surface area (TPSA) is 279 Å². The van der Waals surface area contributed by atoms with Gasteiger partial charge in [0.1, 0.15) is 23.8 Å². The average Bonchev–Trinajstić information content (AvgIpc) is 3.10. The van der Waals surface area contributed by atoms with Crippen LogP contribution in [0.15, 0.2) is 79.4 Å². The lowest BCUT2D eigenvalue weighted by Crippen LogP contribution is -2.55. The smallest absolute Gasteiger partial charge is 0.475 e. The molecule has 0 spiro atoms. The second-order valence-corrected chi connectivity index (χ2v) is 11.6. The van der Waals surface area contributed by atoms with Crippen LogP contribution in [0, 0.1) is 16.7 Å². The Morgan fingerprint density at radius 1 is 0.792 bits per heavy atom. The molecular weight excluding hydrogens is 699 g/mol. The van der Waals surface area contributed by atoms with E-state index in [4.69, 9.17) is 37.9 Å². The molecule has 1 unspecified atom stereocenters. The van der Waals surface area contributed by atoms with Crippen LogP contribution < -0.4 is 38.5 Å². The molecule has 3 rings (SSSR count). The number of halogens is 3.